The molecule has 3 amide bonds. The van der Waals surface area contributed by atoms with Crippen LogP contribution in [0.25, 0.3) is 0 Å². The Bertz CT molecular complexity index is 1430. The molecule has 2 unspecified atom stereocenters. The van der Waals surface area contributed by atoms with E-state index in [0.717, 1.165) is 17.5 Å². The average molecular weight is 650 g/mol. The molecule has 0 aliphatic carbocycles. The van der Waals surface area contributed by atoms with Crippen LogP contribution in [0.2, 0.25) is 5.02 Å². The summed E-state index contributed by atoms with van der Waals surface area (Å²) >= 11 is 8.34. The molecule has 0 radical (unpaired) electrons. The van der Waals surface area contributed by atoms with Crippen molar-refractivity contribution in [1.29, 1.82) is 0 Å². The zero-order valence-electron chi connectivity index (χ0n) is 26.4. The van der Waals surface area contributed by atoms with Gasteiger partial charge in [-0.3, -0.25) is 14.4 Å². The number of rotatable bonds is 13. The summed E-state index contributed by atoms with van der Waals surface area (Å²) in [7, 11) is 0. The second kappa shape index (κ2) is 13.7. The van der Waals surface area contributed by atoms with Crippen LogP contribution in [0.4, 0.5) is 5.69 Å². The Kier molecular flexibility index (Phi) is 10.2. The van der Waals surface area contributed by atoms with E-state index in [1.165, 1.54) is 0 Å². The van der Waals surface area contributed by atoms with Gasteiger partial charge in [0.1, 0.15) is 6.04 Å². The Morgan fingerprint density at radius 1 is 1.11 bits per heavy atom. The lowest BCUT2D eigenvalue weighted by atomic mass is 9.70. The molecule has 1 spiro atoms. The number of fused-ring (bicyclic) bond motifs is 1. The predicted octanol–water partition coefficient (Wildman–Crippen LogP) is 5.88. The summed E-state index contributed by atoms with van der Waals surface area (Å²) in [5.41, 5.74) is 2.42. The number of carbonyl (C=O) groups excluding carboxylic acids is 3. The van der Waals surface area contributed by atoms with Crippen molar-refractivity contribution < 1.29 is 19.5 Å². The summed E-state index contributed by atoms with van der Waals surface area (Å²) in [5.74, 6) is -1.63. The molecule has 7 nitrogen and oxygen atoms in total. The first-order valence-corrected chi connectivity index (χ1v) is 17.1. The molecule has 0 saturated carbocycles. The number of hydrogen-bond donors (Lipinski definition) is 1. The van der Waals surface area contributed by atoms with Crippen LogP contribution in [-0.2, 0) is 20.9 Å². The summed E-state index contributed by atoms with van der Waals surface area (Å²) in [6, 6.07) is 13.9. The number of halogens is 1. The maximum atomic E-state index is 15.0. The van der Waals surface area contributed by atoms with Crippen LogP contribution in [0, 0.1) is 24.7 Å². The molecule has 3 aliphatic heterocycles. The van der Waals surface area contributed by atoms with E-state index in [-0.39, 0.29) is 42.0 Å². The molecule has 6 atom stereocenters. The molecule has 9 heteroatoms. The molecular weight excluding hydrogens is 606 g/mol. The van der Waals surface area contributed by atoms with Gasteiger partial charge in [0, 0.05) is 24.9 Å². The maximum absolute atomic E-state index is 15.0. The second-order valence-corrected chi connectivity index (χ2v) is 14.9. The molecule has 2 aromatic rings. The standard InChI is InChI=1S/C36H44ClN3O4S/c1-6-18-38(21-25-13-9-8-10-14-25)33(42)29-28-16-17-36(45-28)30(29)34(43)40(26(22-41)20-23(3)4)32(36)35(44)39(19-7-2)31-24(5)12-11-15-27(31)37/h6-15,23,26,28-30,32,41H,1-2,16-22H2,3-5H3/t26-,28+,29-,30+,32?,36?/m1/s1. The minimum absolute atomic E-state index is 0.0837. The van der Waals surface area contributed by atoms with E-state index >= 15 is 4.79 Å². The van der Waals surface area contributed by atoms with E-state index in [2.05, 4.69) is 13.2 Å². The van der Waals surface area contributed by atoms with Crippen LogP contribution < -0.4 is 4.90 Å². The first-order valence-electron chi connectivity index (χ1n) is 15.8. The third-order valence-corrected chi connectivity index (χ3v) is 11.8. The first kappa shape index (κ1) is 33.3. The molecule has 3 saturated heterocycles. The Morgan fingerprint density at radius 2 is 1.82 bits per heavy atom. The van der Waals surface area contributed by atoms with E-state index in [1.807, 2.05) is 63.2 Å². The first-order chi connectivity index (χ1) is 21.6. The van der Waals surface area contributed by atoms with Crippen molar-refractivity contribution in [1.82, 2.24) is 9.80 Å². The Hall–Kier alpha value is -3.07. The molecule has 45 heavy (non-hydrogen) atoms. The lowest BCUT2D eigenvalue weighted by Gasteiger charge is -2.40. The van der Waals surface area contributed by atoms with Crippen LogP contribution >= 0.6 is 23.4 Å². The van der Waals surface area contributed by atoms with Gasteiger partial charge in [0.05, 0.1) is 39.9 Å². The van der Waals surface area contributed by atoms with E-state index in [4.69, 9.17) is 11.6 Å². The van der Waals surface area contributed by atoms with E-state index in [0.29, 0.717) is 36.6 Å². The third kappa shape index (κ3) is 5.97. The Labute approximate surface area is 276 Å². The minimum atomic E-state index is -0.865. The zero-order chi connectivity index (χ0) is 32.5. The predicted molar refractivity (Wildman–Crippen MR) is 182 cm³/mol. The fraction of sp³-hybridized carbons (Fsp3) is 0.472. The Balaban J connectivity index is 1.60. The fourth-order valence-corrected chi connectivity index (χ4v) is 10.3. The van der Waals surface area contributed by atoms with Crippen molar-refractivity contribution in [2.75, 3.05) is 24.6 Å². The van der Waals surface area contributed by atoms with Gasteiger partial charge in [-0.2, -0.15) is 0 Å². The number of carbonyl (C=O) groups is 3. The summed E-state index contributed by atoms with van der Waals surface area (Å²) < 4.78 is -0.801. The SMILES string of the molecule is C=CCN(Cc1ccccc1)C(=O)[C@@H]1[C@@H]2CCC3(S2)C(C(=O)N(CC=C)c2c(C)cccc2Cl)N([C@@H](CO)CC(C)C)C(=O)[C@H]13. The quantitative estimate of drug-likeness (QED) is 0.274. The van der Waals surface area contributed by atoms with E-state index in [1.54, 1.807) is 44.7 Å². The van der Waals surface area contributed by atoms with Gasteiger partial charge in [-0.05, 0) is 49.3 Å². The van der Waals surface area contributed by atoms with Gasteiger partial charge in [-0.25, -0.2) is 0 Å². The van der Waals surface area contributed by atoms with Crippen LogP contribution in [0.15, 0.2) is 73.8 Å². The molecule has 5 rings (SSSR count). The number of aliphatic hydroxyl groups is 1. The number of nitrogens with zero attached hydrogens (tertiary/aromatic N) is 3. The Morgan fingerprint density at radius 3 is 2.44 bits per heavy atom. The van der Waals surface area contributed by atoms with Crippen LogP contribution in [0.1, 0.15) is 44.2 Å². The number of thioether (sulfide) groups is 1. The minimum Gasteiger partial charge on any atom is -0.394 e. The van der Waals surface area contributed by atoms with Gasteiger partial charge >= 0.3 is 0 Å². The van der Waals surface area contributed by atoms with Gasteiger partial charge in [-0.15, -0.1) is 24.9 Å². The molecule has 3 aliphatic rings. The summed E-state index contributed by atoms with van der Waals surface area (Å²) in [6.45, 7) is 14.5. The molecule has 2 bridgehead atoms. The van der Waals surface area contributed by atoms with Gasteiger partial charge in [0.15, 0.2) is 0 Å². The summed E-state index contributed by atoms with van der Waals surface area (Å²) in [4.78, 5) is 49.3. The molecule has 2 aromatic carbocycles. The number of benzene rings is 2. The highest BCUT2D eigenvalue weighted by molar-refractivity contribution is 8.02. The number of anilines is 1. The zero-order valence-corrected chi connectivity index (χ0v) is 28.0. The highest BCUT2D eigenvalue weighted by Gasteiger charge is 2.74. The van der Waals surface area contributed by atoms with Crippen LogP contribution in [0.3, 0.4) is 0 Å². The molecule has 3 fully saturated rings. The number of hydrogen-bond acceptors (Lipinski definition) is 5. The molecule has 0 aromatic heterocycles. The van der Waals surface area contributed by atoms with Gasteiger partial charge < -0.3 is 19.8 Å². The lowest BCUT2D eigenvalue weighted by molar-refractivity contribution is -0.145. The van der Waals surface area contributed by atoms with Crippen molar-refractivity contribution in [3.63, 3.8) is 0 Å². The fourth-order valence-electron chi connectivity index (χ4n) is 7.80. The van der Waals surface area contributed by atoms with Crippen LogP contribution in [0.5, 0.6) is 0 Å². The molecule has 3 heterocycles. The van der Waals surface area contributed by atoms with Crippen molar-refractivity contribution in [2.45, 2.75) is 68.7 Å². The van der Waals surface area contributed by atoms with E-state index < -0.39 is 28.7 Å². The summed E-state index contributed by atoms with van der Waals surface area (Å²) in [5, 5.41) is 11.0. The third-order valence-electron chi connectivity index (χ3n) is 9.52. The van der Waals surface area contributed by atoms with Crippen molar-refractivity contribution in [2.24, 2.45) is 17.8 Å². The molecular formula is C36H44ClN3O4S. The topological polar surface area (TPSA) is 81.2 Å². The summed E-state index contributed by atoms with van der Waals surface area (Å²) in [6.07, 6.45) is 5.28. The average Bonchev–Trinajstić information content (AvgIpc) is 3.66. The second-order valence-electron chi connectivity index (χ2n) is 12.9. The smallest absolute Gasteiger partial charge is 0.251 e. The largest absolute Gasteiger partial charge is 0.394 e. The van der Waals surface area contributed by atoms with Crippen LogP contribution in [-0.4, -0.2) is 74.4 Å². The van der Waals surface area contributed by atoms with Crippen molar-refractivity contribution in [3.8, 4) is 0 Å². The number of aliphatic hydroxyl groups excluding tert-OH is 1. The molecule has 1 N–H and O–H groups in total. The van der Waals surface area contributed by atoms with E-state index in [9.17, 15) is 14.7 Å². The van der Waals surface area contributed by atoms with Crippen molar-refractivity contribution in [3.05, 3.63) is 90.0 Å². The molecule has 240 valence electrons. The lowest BCUT2D eigenvalue weighted by Crippen LogP contribution is -2.58. The highest BCUT2D eigenvalue weighted by atomic mass is 35.5. The number of likely N-dealkylation sites (tertiary alicyclic amines) is 1. The normalized spacial score (nSPS) is 25.7. The van der Waals surface area contributed by atoms with Gasteiger partial charge in [0.2, 0.25) is 11.8 Å². The number of aryl methyl sites for hydroxylation is 1. The van der Waals surface area contributed by atoms with Crippen molar-refractivity contribution >= 4 is 46.8 Å². The number of amides is 3. The highest BCUT2D eigenvalue weighted by Crippen LogP contribution is 2.67. The van der Waals surface area contributed by atoms with Gasteiger partial charge in [-0.1, -0.05) is 80.1 Å². The maximum Gasteiger partial charge on any atom is 0.251 e. The monoisotopic (exact) mass is 649 g/mol. The van der Waals surface area contributed by atoms with Gasteiger partial charge in [0.25, 0.3) is 5.91 Å². The number of para-hydroxylation sites is 1.